The van der Waals surface area contributed by atoms with Gasteiger partial charge in [-0.25, -0.2) is 0 Å². The maximum Gasteiger partial charge on any atom is 0.416 e. The summed E-state index contributed by atoms with van der Waals surface area (Å²) in [5.41, 5.74) is -0.583. The van der Waals surface area contributed by atoms with Gasteiger partial charge >= 0.3 is 6.18 Å². The molecule has 2 heterocycles. The van der Waals surface area contributed by atoms with E-state index in [1.54, 1.807) is 36.4 Å². The lowest BCUT2D eigenvalue weighted by molar-refractivity contribution is -0.137. The van der Waals surface area contributed by atoms with Crippen LogP contribution in [0.3, 0.4) is 0 Å². The van der Waals surface area contributed by atoms with E-state index in [9.17, 15) is 21.9 Å². The Labute approximate surface area is 167 Å². The average Bonchev–Trinajstić information content (AvgIpc) is 3.12. The van der Waals surface area contributed by atoms with Crippen LogP contribution in [0.4, 0.5) is 13.2 Å². The maximum absolute atomic E-state index is 13.0. The Morgan fingerprint density at radius 3 is 2.41 bits per heavy atom. The second-order valence-corrected chi connectivity index (χ2v) is 9.22. The van der Waals surface area contributed by atoms with E-state index >= 15 is 0 Å². The first-order valence-corrected chi connectivity index (χ1v) is 10.6. The molecule has 9 heteroatoms. The number of hydrogen-bond donors (Lipinski definition) is 0. The Morgan fingerprint density at radius 2 is 1.76 bits per heavy atom. The predicted octanol–water partition coefficient (Wildman–Crippen LogP) is 4.27. The molecule has 0 bridgehead atoms. The van der Waals surface area contributed by atoms with Gasteiger partial charge in [0, 0.05) is 37.9 Å². The second-order valence-electron chi connectivity index (χ2n) is 7.28. The first-order valence-electron chi connectivity index (χ1n) is 9.18. The Bertz CT molecular complexity index is 970. The minimum atomic E-state index is -4.43. The molecule has 0 N–H and O–H groups in total. The van der Waals surface area contributed by atoms with Gasteiger partial charge in [0.15, 0.2) is 15.3 Å². The summed E-state index contributed by atoms with van der Waals surface area (Å²) < 4.78 is 65.8. The first kappa shape index (κ1) is 20.1. The van der Waals surface area contributed by atoms with Crippen LogP contribution in [0.15, 0.2) is 64.6 Å². The monoisotopic (exact) mass is 424 g/mol. The molecule has 29 heavy (non-hydrogen) atoms. The van der Waals surface area contributed by atoms with Gasteiger partial charge in [-0.1, -0.05) is 39.7 Å². The van der Waals surface area contributed by atoms with Crippen LogP contribution in [0.1, 0.15) is 30.4 Å². The lowest BCUT2D eigenvalue weighted by Crippen LogP contribution is -2.48. The summed E-state index contributed by atoms with van der Waals surface area (Å²) >= 11 is 0. The number of rotatable bonds is 3. The molecule has 2 aliphatic heterocycles. The van der Waals surface area contributed by atoms with E-state index in [2.05, 4.69) is 5.16 Å². The number of oxime groups is 1. The van der Waals surface area contributed by atoms with Gasteiger partial charge in [0.25, 0.3) is 0 Å². The van der Waals surface area contributed by atoms with Gasteiger partial charge in [0.1, 0.15) is 5.60 Å². The van der Waals surface area contributed by atoms with Crippen LogP contribution in [0.25, 0.3) is 0 Å². The number of hydrogen-bond acceptors (Lipinski definition) is 4. The normalized spacial score (nSPS) is 21.4. The van der Waals surface area contributed by atoms with Crippen molar-refractivity contribution in [3.63, 3.8) is 0 Å². The van der Waals surface area contributed by atoms with Crippen molar-refractivity contribution in [1.29, 1.82) is 0 Å². The standard InChI is InChI=1S/C20H19F3N2O3S/c21-20(22,23)16-6-4-5-15(13-16)18-14-19(28-24-18)9-11-25(12-10-19)29(26,27)17-7-2-1-3-8-17/h1-8,13H,9-12,14H2. The molecule has 4 rings (SSSR count). The topological polar surface area (TPSA) is 65.0 Å². The highest BCUT2D eigenvalue weighted by Gasteiger charge is 2.46. The molecule has 1 spiro atoms. The van der Waals surface area contributed by atoms with Crippen molar-refractivity contribution in [3.05, 3.63) is 65.7 Å². The van der Waals surface area contributed by atoms with Crippen LogP contribution in [0, 0.1) is 0 Å². The summed E-state index contributed by atoms with van der Waals surface area (Å²) in [5, 5.41) is 4.03. The van der Waals surface area contributed by atoms with Gasteiger partial charge in [-0.2, -0.15) is 13.2 Å². The minimum Gasteiger partial charge on any atom is -0.593 e. The molecule has 5 nitrogen and oxygen atoms in total. The van der Waals surface area contributed by atoms with Crippen LogP contribution in [0.5, 0.6) is 0 Å². The van der Waals surface area contributed by atoms with Crippen molar-refractivity contribution in [2.75, 3.05) is 13.1 Å². The summed E-state index contributed by atoms with van der Waals surface area (Å²) in [7, 11) is -3.58. The van der Waals surface area contributed by atoms with E-state index in [1.807, 2.05) is 0 Å². The van der Waals surface area contributed by atoms with E-state index in [1.165, 1.54) is 10.4 Å². The Kier molecular flexibility index (Phi) is 5.00. The summed E-state index contributed by atoms with van der Waals surface area (Å²) in [6.45, 7) is 0.533. The molecule has 2 aromatic carbocycles. The van der Waals surface area contributed by atoms with Gasteiger partial charge < -0.3 is 9.39 Å². The second kappa shape index (κ2) is 7.23. The van der Waals surface area contributed by atoms with Gasteiger partial charge in [-0.15, -0.1) is 4.31 Å². The van der Waals surface area contributed by atoms with Crippen LogP contribution < -0.4 is 0 Å². The summed E-state index contributed by atoms with van der Waals surface area (Å²) in [4.78, 5) is 5.87. The first-order chi connectivity index (χ1) is 13.7. The molecule has 154 valence electrons. The summed E-state index contributed by atoms with van der Waals surface area (Å²) in [5.74, 6) is 0. The molecule has 0 radical (unpaired) electrons. The minimum absolute atomic E-state index is 0.240. The molecule has 1 unspecified atom stereocenters. The summed E-state index contributed by atoms with van der Waals surface area (Å²) in [6.07, 6.45) is -3.23. The molecule has 1 fully saturated rings. The Balaban J connectivity index is 1.44. The molecule has 0 saturated carbocycles. The zero-order chi connectivity index (χ0) is 20.7. The zero-order valence-corrected chi connectivity index (χ0v) is 16.2. The van der Waals surface area contributed by atoms with E-state index in [0.717, 1.165) is 12.1 Å². The number of sulfonamides is 1. The average molecular weight is 424 g/mol. The third kappa shape index (κ3) is 3.94. The lowest BCUT2D eigenvalue weighted by atomic mass is 9.86. The Morgan fingerprint density at radius 1 is 1.07 bits per heavy atom. The number of alkyl halides is 3. The zero-order valence-electron chi connectivity index (χ0n) is 15.4. The van der Waals surface area contributed by atoms with Crippen molar-refractivity contribution < 1.29 is 26.8 Å². The van der Waals surface area contributed by atoms with Crippen molar-refractivity contribution in [2.45, 2.75) is 35.9 Å². The van der Waals surface area contributed by atoms with E-state index in [-0.39, 0.29) is 18.0 Å². The van der Waals surface area contributed by atoms with Crippen molar-refractivity contribution in [1.82, 2.24) is 4.31 Å². The molecule has 0 aromatic heterocycles. The molecule has 0 amide bonds. The van der Waals surface area contributed by atoms with Gasteiger partial charge in [0.2, 0.25) is 0 Å². The third-order valence-corrected chi connectivity index (χ3v) is 7.29. The smallest absolute Gasteiger partial charge is 0.416 e. The van der Waals surface area contributed by atoms with Gasteiger partial charge in [-0.3, -0.25) is 0 Å². The van der Waals surface area contributed by atoms with Crippen LogP contribution in [-0.2, 0) is 25.6 Å². The molecule has 1 atom stereocenters. The fourth-order valence-corrected chi connectivity index (χ4v) is 5.16. The molecule has 0 aliphatic carbocycles. The maximum atomic E-state index is 13.0. The largest absolute Gasteiger partial charge is 0.593 e. The quantitative estimate of drug-likeness (QED) is 0.692. The Hall–Kier alpha value is -2.23. The lowest BCUT2D eigenvalue weighted by Gasteiger charge is -2.37. The number of halogens is 3. The van der Waals surface area contributed by atoms with Crippen molar-refractivity contribution >= 4 is 16.1 Å². The molecular formula is C20H19F3N2O3S. The highest BCUT2D eigenvalue weighted by molar-refractivity contribution is 7.95. The van der Waals surface area contributed by atoms with Crippen molar-refractivity contribution in [3.8, 4) is 0 Å². The third-order valence-electron chi connectivity index (χ3n) is 5.38. The predicted molar refractivity (Wildman–Crippen MR) is 101 cm³/mol. The highest BCUT2D eigenvalue weighted by Crippen LogP contribution is 2.39. The number of piperidine rings is 1. The van der Waals surface area contributed by atoms with Gasteiger partial charge in [0.05, 0.1) is 11.3 Å². The summed E-state index contributed by atoms with van der Waals surface area (Å²) in [6, 6.07) is 13.2. The molecule has 1 saturated heterocycles. The fraction of sp³-hybridized carbons (Fsp3) is 0.350. The molecular weight excluding hydrogens is 405 g/mol. The van der Waals surface area contributed by atoms with Crippen molar-refractivity contribution in [2.24, 2.45) is 5.16 Å². The number of nitrogens with zero attached hydrogens (tertiary/aromatic N) is 2. The van der Waals surface area contributed by atoms with E-state index in [0.29, 0.717) is 30.5 Å². The molecule has 2 aromatic rings. The van der Waals surface area contributed by atoms with Gasteiger partial charge in [-0.05, 0) is 24.3 Å². The van der Waals surface area contributed by atoms with E-state index < -0.39 is 27.7 Å². The fourth-order valence-electron chi connectivity index (χ4n) is 3.70. The SMILES string of the molecule is O=[S+]([O-])(c1ccccc1)N1CCC2(CC1)CC(c1cccc(C(F)(F)F)c1)=NO2. The highest BCUT2D eigenvalue weighted by atomic mass is 32.3. The molecule has 2 aliphatic rings. The van der Waals surface area contributed by atoms with E-state index in [4.69, 9.17) is 4.84 Å². The van der Waals surface area contributed by atoms with Crippen LogP contribution in [0.2, 0.25) is 0 Å². The van der Waals surface area contributed by atoms with Crippen LogP contribution in [-0.4, -0.2) is 33.3 Å². The number of benzene rings is 2. The van der Waals surface area contributed by atoms with Crippen LogP contribution >= 0.6 is 0 Å².